The van der Waals surface area contributed by atoms with Gasteiger partial charge in [-0.25, -0.2) is 0 Å². The van der Waals surface area contributed by atoms with Crippen LogP contribution < -0.4 is 0 Å². The van der Waals surface area contributed by atoms with E-state index in [0.717, 1.165) is 0 Å². The van der Waals surface area contributed by atoms with Crippen LogP contribution in [0.1, 0.15) is 61.8 Å². The smallest absolute Gasteiger partial charge is 0.314 e. The van der Waals surface area contributed by atoms with E-state index in [0.29, 0.717) is 0 Å². The fourth-order valence-corrected chi connectivity index (χ4v) is 4.23. The van der Waals surface area contributed by atoms with Gasteiger partial charge in [0.1, 0.15) is 0 Å². The summed E-state index contributed by atoms with van der Waals surface area (Å²) in [4.78, 5) is 23.9. The monoisotopic (exact) mass is 488 g/mol. The summed E-state index contributed by atoms with van der Waals surface area (Å²) in [6.45, 7) is 11.7. The van der Waals surface area contributed by atoms with E-state index >= 15 is 0 Å². The maximum absolute atomic E-state index is 12.0. The molecule has 0 saturated heterocycles. The van der Waals surface area contributed by atoms with Crippen LogP contribution in [0.4, 0.5) is 0 Å². The van der Waals surface area contributed by atoms with Crippen molar-refractivity contribution in [3.8, 4) is 0 Å². The van der Waals surface area contributed by atoms with Gasteiger partial charge in [0.25, 0.3) is 20.2 Å². The highest BCUT2D eigenvalue weighted by Gasteiger charge is 2.34. The normalized spacial score (nSPS) is 13.5. The van der Waals surface area contributed by atoms with Gasteiger partial charge in [-0.3, -0.25) is 18.0 Å². The number of carbonyl (C=O) groups excluding carboxylic acids is 2. The largest absolute Gasteiger partial charge is 0.462 e. The SMILES string of the molecule is CC(C)OC(=O)C(C)(C)COS(=O)(=O)CCCS(=O)(=O)OCC(C)(C)C(=O)OC(C)C. The lowest BCUT2D eigenvalue weighted by molar-refractivity contribution is -0.160. The van der Waals surface area contributed by atoms with Crippen LogP contribution in [0.15, 0.2) is 0 Å². The first-order valence-corrected chi connectivity index (χ1v) is 13.1. The van der Waals surface area contributed by atoms with Crippen LogP contribution in [0.2, 0.25) is 0 Å². The number of carbonyl (C=O) groups is 2. The maximum atomic E-state index is 12.0. The highest BCUT2D eigenvalue weighted by Crippen LogP contribution is 2.21. The van der Waals surface area contributed by atoms with Crippen LogP contribution in [-0.2, 0) is 47.7 Å². The van der Waals surface area contributed by atoms with Crippen molar-refractivity contribution in [1.29, 1.82) is 0 Å². The predicted molar refractivity (Wildman–Crippen MR) is 114 cm³/mol. The molecule has 0 bridgehead atoms. The molecule has 10 nitrogen and oxygen atoms in total. The van der Waals surface area contributed by atoms with Crippen molar-refractivity contribution in [1.82, 2.24) is 0 Å². The molecular weight excluding hydrogens is 452 g/mol. The van der Waals surface area contributed by atoms with Crippen molar-refractivity contribution in [2.45, 2.75) is 74.0 Å². The summed E-state index contributed by atoms with van der Waals surface area (Å²) in [6.07, 6.45) is -0.991. The van der Waals surface area contributed by atoms with Gasteiger partial charge in [-0.05, 0) is 61.8 Å². The first-order valence-electron chi connectivity index (χ1n) is 9.96. The fraction of sp³-hybridized carbons (Fsp3) is 0.895. The summed E-state index contributed by atoms with van der Waals surface area (Å²) in [5.74, 6) is -2.37. The molecule has 0 aromatic rings. The molecule has 31 heavy (non-hydrogen) atoms. The lowest BCUT2D eigenvalue weighted by Crippen LogP contribution is -2.35. The Morgan fingerprint density at radius 2 is 0.968 bits per heavy atom. The van der Waals surface area contributed by atoms with Gasteiger partial charge in [0, 0.05) is 0 Å². The van der Waals surface area contributed by atoms with Gasteiger partial charge >= 0.3 is 11.9 Å². The zero-order valence-electron chi connectivity index (χ0n) is 19.6. The van der Waals surface area contributed by atoms with Gasteiger partial charge in [0.05, 0.1) is 47.8 Å². The average molecular weight is 489 g/mol. The second-order valence-electron chi connectivity index (χ2n) is 9.08. The highest BCUT2D eigenvalue weighted by molar-refractivity contribution is 7.87. The zero-order valence-corrected chi connectivity index (χ0v) is 21.2. The Labute approximate surface area is 186 Å². The fourth-order valence-electron chi connectivity index (χ4n) is 1.87. The zero-order chi connectivity index (χ0) is 24.7. The molecule has 0 saturated carbocycles. The van der Waals surface area contributed by atoms with Crippen LogP contribution >= 0.6 is 0 Å². The van der Waals surface area contributed by atoms with Crippen molar-refractivity contribution in [2.75, 3.05) is 24.7 Å². The average Bonchev–Trinajstić information content (AvgIpc) is 2.57. The van der Waals surface area contributed by atoms with Gasteiger partial charge in [0.15, 0.2) is 0 Å². The molecule has 0 amide bonds. The van der Waals surface area contributed by atoms with Crippen LogP contribution in [0.3, 0.4) is 0 Å². The van der Waals surface area contributed by atoms with Gasteiger partial charge < -0.3 is 9.47 Å². The number of hydrogen-bond donors (Lipinski definition) is 0. The summed E-state index contributed by atoms with van der Waals surface area (Å²) in [6, 6.07) is 0. The summed E-state index contributed by atoms with van der Waals surface area (Å²) in [7, 11) is -8.14. The number of ether oxygens (including phenoxy) is 2. The minimum Gasteiger partial charge on any atom is -0.462 e. The quantitative estimate of drug-likeness (QED) is 0.263. The Hall–Kier alpha value is -1.24. The molecule has 0 spiro atoms. The first kappa shape index (κ1) is 29.8. The van der Waals surface area contributed by atoms with Crippen molar-refractivity contribution < 1.29 is 44.3 Å². The first-order chi connectivity index (χ1) is 13.8. The van der Waals surface area contributed by atoms with Crippen LogP contribution in [0, 0.1) is 10.8 Å². The van der Waals surface area contributed by atoms with Crippen LogP contribution in [-0.4, -0.2) is 65.7 Å². The van der Waals surface area contributed by atoms with E-state index in [4.69, 9.17) is 17.8 Å². The van der Waals surface area contributed by atoms with Gasteiger partial charge in [0.2, 0.25) is 0 Å². The molecule has 0 aromatic heterocycles. The van der Waals surface area contributed by atoms with Gasteiger partial charge in [-0.2, -0.15) is 16.8 Å². The molecule has 0 unspecified atom stereocenters. The molecule has 0 aliphatic heterocycles. The molecule has 0 heterocycles. The Morgan fingerprint density at radius 3 is 1.23 bits per heavy atom. The van der Waals surface area contributed by atoms with E-state index in [1.54, 1.807) is 27.7 Å². The van der Waals surface area contributed by atoms with Crippen LogP contribution in [0.25, 0.3) is 0 Å². The molecule has 0 rings (SSSR count). The lowest BCUT2D eigenvalue weighted by atomic mass is 9.95. The van der Waals surface area contributed by atoms with E-state index in [1.165, 1.54) is 27.7 Å². The highest BCUT2D eigenvalue weighted by atomic mass is 32.2. The molecule has 12 heteroatoms. The van der Waals surface area contributed by atoms with Gasteiger partial charge in [-0.1, -0.05) is 0 Å². The van der Waals surface area contributed by atoms with Crippen LogP contribution in [0.5, 0.6) is 0 Å². The molecule has 0 radical (unpaired) electrons. The standard InChI is InChI=1S/C19H36O10S2/c1-14(2)28-16(20)18(5,6)12-26-30(22,23)10-9-11-31(24,25)27-13-19(7,8)17(21)29-15(3)4/h14-15H,9-13H2,1-8H3. The lowest BCUT2D eigenvalue weighted by Gasteiger charge is -2.23. The molecular formula is C19H36O10S2. The topological polar surface area (TPSA) is 139 Å². The minimum atomic E-state index is -4.07. The minimum absolute atomic E-state index is 0.279. The van der Waals surface area contributed by atoms with E-state index in [9.17, 15) is 26.4 Å². The molecule has 0 N–H and O–H groups in total. The Kier molecular flexibility index (Phi) is 11.1. The number of esters is 2. The Morgan fingerprint density at radius 1 is 0.677 bits per heavy atom. The maximum Gasteiger partial charge on any atom is 0.314 e. The second-order valence-corrected chi connectivity index (χ2v) is 12.6. The molecule has 0 aromatic carbocycles. The number of rotatable bonds is 14. The van der Waals surface area contributed by atoms with Crippen molar-refractivity contribution >= 4 is 32.2 Å². The summed E-state index contributed by atoms with van der Waals surface area (Å²) in [5.41, 5.74) is -2.38. The predicted octanol–water partition coefficient (Wildman–Crippen LogP) is 2.02. The van der Waals surface area contributed by atoms with Crippen molar-refractivity contribution in [3.63, 3.8) is 0 Å². The Balaban J connectivity index is 4.63. The molecule has 0 aliphatic carbocycles. The molecule has 0 aliphatic rings. The molecule has 0 atom stereocenters. The number of hydrogen-bond acceptors (Lipinski definition) is 10. The third-order valence-electron chi connectivity index (χ3n) is 3.78. The van der Waals surface area contributed by atoms with Crippen molar-refractivity contribution in [2.24, 2.45) is 10.8 Å². The second kappa shape index (κ2) is 11.6. The third kappa shape index (κ3) is 12.4. The Bertz CT molecular complexity index is 741. The molecule has 184 valence electrons. The van der Waals surface area contributed by atoms with E-state index in [1.807, 2.05) is 0 Å². The van der Waals surface area contributed by atoms with Crippen molar-refractivity contribution in [3.05, 3.63) is 0 Å². The summed E-state index contributed by atoms with van der Waals surface area (Å²) < 4.78 is 68.0. The summed E-state index contributed by atoms with van der Waals surface area (Å²) in [5, 5.41) is 0. The van der Waals surface area contributed by atoms with Gasteiger partial charge in [-0.15, -0.1) is 0 Å². The van der Waals surface area contributed by atoms with E-state index in [2.05, 4.69) is 0 Å². The van der Waals surface area contributed by atoms with E-state index < -0.39 is 67.7 Å². The van der Waals surface area contributed by atoms with E-state index in [-0.39, 0.29) is 18.6 Å². The summed E-state index contributed by atoms with van der Waals surface area (Å²) >= 11 is 0. The molecule has 0 fully saturated rings. The third-order valence-corrected chi connectivity index (χ3v) is 6.31.